The number of nitrogens with one attached hydrogen (secondary N) is 1. The SMILES string of the molecule is CC(C)(C)CC(CCC(=O)NCCOCCOCC(=O)CCCOCCOCC(=O)C(C)(C)C)CS(=O)(=O)O. The second kappa shape index (κ2) is 19.6. The van der Waals surface area contributed by atoms with Gasteiger partial charge >= 0.3 is 0 Å². The molecule has 1 atom stereocenters. The molecule has 1 amide bonds. The number of carbonyl (C=O) groups excluding carboxylic acids is 3. The molecule has 0 radical (unpaired) electrons. The number of ketones is 2. The molecular weight excluding hydrogens is 530 g/mol. The molecule has 0 saturated carbocycles. The highest BCUT2D eigenvalue weighted by molar-refractivity contribution is 7.85. The second-order valence-electron chi connectivity index (χ2n) is 11.9. The minimum Gasteiger partial charge on any atom is -0.379 e. The van der Waals surface area contributed by atoms with Gasteiger partial charge in [-0.2, -0.15) is 8.42 Å². The molecule has 0 fully saturated rings. The molecule has 0 bridgehead atoms. The van der Waals surface area contributed by atoms with Crippen LogP contribution in [0.4, 0.5) is 0 Å². The standard InChI is InChI=1S/C27H51NO10S/c1-26(2,3)18-22(21-39(32,33)34)9-10-25(31)28-11-13-36-15-16-37-19-23(29)8-7-12-35-14-17-38-20-24(30)27(4,5)6/h22H,7-21H2,1-6H3,(H,28,31)(H,32,33,34). The summed E-state index contributed by atoms with van der Waals surface area (Å²) in [5.74, 6) is -0.850. The van der Waals surface area contributed by atoms with Crippen LogP contribution in [0.25, 0.3) is 0 Å². The highest BCUT2D eigenvalue weighted by Crippen LogP contribution is 2.28. The van der Waals surface area contributed by atoms with E-state index in [1.165, 1.54) is 0 Å². The third kappa shape index (κ3) is 25.3. The summed E-state index contributed by atoms with van der Waals surface area (Å²) < 4.78 is 53.1. The minimum absolute atomic E-state index is 0.00257. The van der Waals surface area contributed by atoms with Crippen molar-refractivity contribution in [3.63, 3.8) is 0 Å². The lowest BCUT2D eigenvalue weighted by molar-refractivity contribution is -0.131. The zero-order valence-corrected chi connectivity index (χ0v) is 25.5. The summed E-state index contributed by atoms with van der Waals surface area (Å²) in [4.78, 5) is 35.6. The number of rotatable bonds is 23. The quantitative estimate of drug-likeness (QED) is 0.136. The summed E-state index contributed by atoms with van der Waals surface area (Å²) in [6, 6.07) is 0. The molecule has 0 aromatic carbocycles. The average Bonchev–Trinajstić information content (AvgIpc) is 2.78. The third-order valence-electron chi connectivity index (χ3n) is 5.52. The van der Waals surface area contributed by atoms with E-state index >= 15 is 0 Å². The molecule has 2 N–H and O–H groups in total. The first-order chi connectivity index (χ1) is 18.0. The van der Waals surface area contributed by atoms with Gasteiger partial charge in [0.25, 0.3) is 10.1 Å². The van der Waals surface area contributed by atoms with Crippen molar-refractivity contribution in [3.05, 3.63) is 0 Å². The topological polar surface area (TPSA) is 155 Å². The van der Waals surface area contributed by atoms with Crippen molar-refractivity contribution in [2.45, 2.75) is 73.6 Å². The van der Waals surface area contributed by atoms with Crippen molar-refractivity contribution < 1.29 is 46.3 Å². The van der Waals surface area contributed by atoms with Crippen molar-refractivity contribution >= 4 is 27.6 Å². The van der Waals surface area contributed by atoms with Gasteiger partial charge in [-0.3, -0.25) is 18.9 Å². The van der Waals surface area contributed by atoms with Crippen LogP contribution >= 0.6 is 0 Å². The Labute approximate surface area is 234 Å². The number of Topliss-reactive ketones (excluding diaryl/α,β-unsaturated/α-hetero) is 2. The van der Waals surface area contributed by atoms with Crippen LogP contribution < -0.4 is 5.32 Å². The summed E-state index contributed by atoms with van der Waals surface area (Å²) in [5, 5.41) is 2.72. The molecule has 0 heterocycles. The van der Waals surface area contributed by atoms with Crippen molar-refractivity contribution in [1.29, 1.82) is 0 Å². The van der Waals surface area contributed by atoms with E-state index in [2.05, 4.69) is 5.32 Å². The summed E-state index contributed by atoms with van der Waals surface area (Å²) in [6.07, 6.45) is 2.03. The van der Waals surface area contributed by atoms with Crippen LogP contribution in [0, 0.1) is 16.7 Å². The number of ether oxygens (including phenoxy) is 4. The Morgan fingerprint density at radius 1 is 0.795 bits per heavy atom. The minimum atomic E-state index is -4.10. The fourth-order valence-electron chi connectivity index (χ4n) is 3.55. The van der Waals surface area contributed by atoms with E-state index in [0.29, 0.717) is 52.0 Å². The van der Waals surface area contributed by atoms with E-state index in [9.17, 15) is 22.8 Å². The van der Waals surface area contributed by atoms with E-state index in [0.717, 1.165) is 0 Å². The molecule has 12 heteroatoms. The lowest BCUT2D eigenvalue weighted by Crippen LogP contribution is -2.29. The normalized spacial score (nSPS) is 13.3. The number of amides is 1. The Morgan fingerprint density at radius 3 is 1.92 bits per heavy atom. The Kier molecular flexibility index (Phi) is 18.9. The molecule has 0 rings (SSSR count). The molecule has 0 aromatic rings. The maximum atomic E-state index is 12.1. The van der Waals surface area contributed by atoms with Gasteiger partial charge in [-0.05, 0) is 30.6 Å². The van der Waals surface area contributed by atoms with Gasteiger partial charge in [0.2, 0.25) is 5.91 Å². The monoisotopic (exact) mass is 581 g/mol. The van der Waals surface area contributed by atoms with Gasteiger partial charge in [-0.25, -0.2) is 0 Å². The van der Waals surface area contributed by atoms with Crippen LogP contribution in [0.1, 0.15) is 73.6 Å². The molecular formula is C27H51NO10S. The van der Waals surface area contributed by atoms with Gasteiger partial charge in [-0.1, -0.05) is 41.5 Å². The van der Waals surface area contributed by atoms with Gasteiger partial charge in [-0.15, -0.1) is 0 Å². The molecule has 0 spiro atoms. The van der Waals surface area contributed by atoms with Crippen molar-refractivity contribution in [2.24, 2.45) is 16.7 Å². The fraction of sp³-hybridized carbons (Fsp3) is 0.889. The van der Waals surface area contributed by atoms with E-state index in [1.807, 2.05) is 41.5 Å². The molecule has 39 heavy (non-hydrogen) atoms. The van der Waals surface area contributed by atoms with Crippen molar-refractivity contribution in [2.75, 3.05) is 65.2 Å². The summed E-state index contributed by atoms with van der Waals surface area (Å²) in [7, 11) is -4.10. The first-order valence-electron chi connectivity index (χ1n) is 13.6. The first kappa shape index (κ1) is 37.6. The van der Waals surface area contributed by atoms with Crippen LogP contribution in [-0.4, -0.2) is 95.6 Å². The molecule has 0 aliphatic heterocycles. The average molecular weight is 582 g/mol. The second-order valence-corrected chi connectivity index (χ2v) is 13.4. The van der Waals surface area contributed by atoms with Crippen LogP contribution in [0.5, 0.6) is 0 Å². The molecule has 0 aliphatic rings. The summed E-state index contributed by atoms with van der Waals surface area (Å²) in [5.41, 5.74) is -0.533. The molecule has 0 aromatic heterocycles. The highest BCUT2D eigenvalue weighted by Gasteiger charge is 2.24. The van der Waals surface area contributed by atoms with Crippen molar-refractivity contribution in [1.82, 2.24) is 5.32 Å². The number of hydrogen-bond donors (Lipinski definition) is 2. The Morgan fingerprint density at radius 2 is 1.36 bits per heavy atom. The van der Waals surface area contributed by atoms with E-state index in [1.54, 1.807) is 0 Å². The number of hydrogen-bond acceptors (Lipinski definition) is 9. The zero-order chi connectivity index (χ0) is 30.0. The van der Waals surface area contributed by atoms with Crippen LogP contribution in [0.2, 0.25) is 0 Å². The lowest BCUT2D eigenvalue weighted by atomic mass is 9.83. The van der Waals surface area contributed by atoms with Gasteiger partial charge in [0, 0.05) is 31.4 Å². The highest BCUT2D eigenvalue weighted by atomic mass is 32.2. The maximum Gasteiger partial charge on any atom is 0.265 e. The Bertz CT molecular complexity index is 815. The lowest BCUT2D eigenvalue weighted by Gasteiger charge is -2.25. The van der Waals surface area contributed by atoms with E-state index in [-0.39, 0.29) is 74.0 Å². The smallest absolute Gasteiger partial charge is 0.265 e. The predicted molar refractivity (Wildman–Crippen MR) is 148 cm³/mol. The van der Waals surface area contributed by atoms with Gasteiger partial charge < -0.3 is 24.3 Å². The Balaban J connectivity index is 3.70. The Hall–Kier alpha value is -1.44. The summed E-state index contributed by atoms with van der Waals surface area (Å²) >= 11 is 0. The molecule has 11 nitrogen and oxygen atoms in total. The molecule has 230 valence electrons. The van der Waals surface area contributed by atoms with Crippen LogP contribution in [0.3, 0.4) is 0 Å². The summed E-state index contributed by atoms with van der Waals surface area (Å²) in [6.45, 7) is 13.8. The molecule has 1 unspecified atom stereocenters. The van der Waals surface area contributed by atoms with Gasteiger partial charge in [0.05, 0.1) is 38.8 Å². The van der Waals surface area contributed by atoms with Gasteiger partial charge in [0.15, 0.2) is 11.6 Å². The van der Waals surface area contributed by atoms with E-state index in [4.69, 9.17) is 23.5 Å². The predicted octanol–water partition coefficient (Wildman–Crippen LogP) is 2.85. The third-order valence-corrected chi connectivity index (χ3v) is 6.41. The van der Waals surface area contributed by atoms with Crippen LogP contribution in [0.15, 0.2) is 0 Å². The zero-order valence-electron chi connectivity index (χ0n) is 24.7. The van der Waals surface area contributed by atoms with Crippen LogP contribution in [-0.2, 0) is 43.4 Å². The van der Waals surface area contributed by atoms with Crippen molar-refractivity contribution in [3.8, 4) is 0 Å². The van der Waals surface area contributed by atoms with Gasteiger partial charge in [0.1, 0.15) is 13.2 Å². The molecule has 0 aliphatic carbocycles. The first-order valence-corrected chi connectivity index (χ1v) is 15.2. The van der Waals surface area contributed by atoms with E-state index < -0.39 is 15.5 Å². The number of carbonyl (C=O) groups is 3. The fourth-order valence-corrected chi connectivity index (χ4v) is 4.43. The maximum absolute atomic E-state index is 12.1. The largest absolute Gasteiger partial charge is 0.379 e. The molecule has 0 saturated heterocycles.